The second-order valence-electron chi connectivity index (χ2n) is 7.50. The maximum Gasteiger partial charge on any atom is 0.249 e. The number of hydrogen-bond donors (Lipinski definition) is 1. The molecule has 4 aromatic carbocycles. The van der Waals surface area contributed by atoms with E-state index >= 15 is 0 Å². The Bertz CT molecular complexity index is 1510. The summed E-state index contributed by atoms with van der Waals surface area (Å²) >= 11 is 0. The summed E-state index contributed by atoms with van der Waals surface area (Å²) in [7, 11) is 0. The van der Waals surface area contributed by atoms with E-state index in [1.54, 1.807) is 22.8 Å². The van der Waals surface area contributed by atoms with Crippen molar-refractivity contribution in [3.05, 3.63) is 107 Å². The summed E-state index contributed by atoms with van der Waals surface area (Å²) in [6.07, 6.45) is 0. The summed E-state index contributed by atoms with van der Waals surface area (Å²) < 4.78 is 43.6. The van der Waals surface area contributed by atoms with Crippen LogP contribution in [0.2, 0.25) is 0 Å². The molecule has 32 heavy (non-hydrogen) atoms. The zero-order valence-electron chi connectivity index (χ0n) is 16.7. The third-order valence-corrected chi connectivity index (χ3v) is 5.61. The number of nitrogens with zero attached hydrogens (tertiary/aromatic N) is 1. The molecule has 3 nitrogen and oxygen atoms in total. The minimum absolute atomic E-state index is 0.0164. The molecule has 5 rings (SSSR count). The minimum Gasteiger partial charge on any atom is -0.366 e. The van der Waals surface area contributed by atoms with Crippen LogP contribution < -0.4 is 5.73 Å². The van der Waals surface area contributed by atoms with Crippen molar-refractivity contribution in [2.45, 2.75) is 6.54 Å². The van der Waals surface area contributed by atoms with Crippen LogP contribution in [0.15, 0.2) is 72.8 Å². The highest BCUT2D eigenvalue weighted by molar-refractivity contribution is 6.18. The zero-order chi connectivity index (χ0) is 22.4. The summed E-state index contributed by atoms with van der Waals surface area (Å²) in [4.78, 5) is 12.1. The van der Waals surface area contributed by atoms with Crippen LogP contribution in [-0.4, -0.2) is 10.5 Å². The molecule has 5 aromatic rings. The minimum atomic E-state index is -1.52. The maximum absolute atomic E-state index is 14.5. The van der Waals surface area contributed by atoms with Crippen LogP contribution >= 0.6 is 0 Å². The van der Waals surface area contributed by atoms with Gasteiger partial charge in [0.2, 0.25) is 5.91 Å². The standard InChI is InChI=1S/C26H16F3N2O/c27-20-12-10-17(24(28)25(20)29)14-31-21-8-4-7-19(26(30)32)23(21)18-11-9-16(13-22(18)31)15-5-2-1-3-6-15/h1-10,12-13H,14H2,(H2,30,32). The lowest BCUT2D eigenvalue weighted by Gasteiger charge is -2.11. The maximum atomic E-state index is 14.5. The first kappa shape index (κ1) is 19.9. The van der Waals surface area contributed by atoms with Crippen LogP contribution in [0.1, 0.15) is 15.9 Å². The largest absolute Gasteiger partial charge is 0.366 e. The average Bonchev–Trinajstić information content (AvgIpc) is 3.12. The molecule has 0 unspecified atom stereocenters. The van der Waals surface area contributed by atoms with Crippen LogP contribution in [0, 0.1) is 23.5 Å². The molecule has 1 aromatic heterocycles. The van der Waals surface area contributed by atoms with Gasteiger partial charge in [-0.05, 0) is 47.5 Å². The number of carbonyl (C=O) groups is 1. The summed E-state index contributed by atoms with van der Waals surface area (Å²) in [5.41, 5.74) is 8.99. The van der Waals surface area contributed by atoms with Gasteiger partial charge in [-0.15, -0.1) is 0 Å². The number of benzene rings is 4. The van der Waals surface area contributed by atoms with E-state index in [2.05, 4.69) is 6.07 Å². The molecule has 0 aliphatic heterocycles. The smallest absolute Gasteiger partial charge is 0.249 e. The van der Waals surface area contributed by atoms with E-state index in [4.69, 9.17) is 5.73 Å². The SMILES string of the molecule is NC(=O)c1cccc2c1c1[c]cc(-c3ccccc3)cc1n2Cc1ccc(F)c(F)c1F. The molecule has 2 N–H and O–H groups in total. The number of halogens is 3. The van der Waals surface area contributed by atoms with Crippen molar-refractivity contribution in [1.82, 2.24) is 4.57 Å². The van der Waals surface area contributed by atoms with Crippen LogP contribution in [-0.2, 0) is 6.54 Å². The number of hydrogen-bond acceptors (Lipinski definition) is 1. The quantitative estimate of drug-likeness (QED) is 0.359. The number of aromatic nitrogens is 1. The number of nitrogens with two attached hydrogens (primary N) is 1. The van der Waals surface area contributed by atoms with E-state index in [1.165, 1.54) is 6.07 Å². The first-order valence-electron chi connectivity index (χ1n) is 9.90. The van der Waals surface area contributed by atoms with Gasteiger partial charge in [0, 0.05) is 21.9 Å². The molecular weight excluding hydrogens is 413 g/mol. The van der Waals surface area contributed by atoms with Crippen molar-refractivity contribution >= 4 is 27.7 Å². The average molecular weight is 429 g/mol. The van der Waals surface area contributed by atoms with E-state index in [9.17, 15) is 18.0 Å². The van der Waals surface area contributed by atoms with Crippen molar-refractivity contribution in [3.63, 3.8) is 0 Å². The third kappa shape index (κ3) is 3.12. The van der Waals surface area contributed by atoms with Crippen molar-refractivity contribution in [2.24, 2.45) is 5.73 Å². The van der Waals surface area contributed by atoms with E-state index < -0.39 is 23.4 Å². The highest BCUT2D eigenvalue weighted by Crippen LogP contribution is 2.35. The van der Waals surface area contributed by atoms with Gasteiger partial charge in [0.05, 0.1) is 17.6 Å². The summed E-state index contributed by atoms with van der Waals surface area (Å²) in [6, 6.07) is 23.8. The Kier molecular flexibility index (Phi) is 4.70. The fourth-order valence-electron chi connectivity index (χ4n) is 4.09. The van der Waals surface area contributed by atoms with Gasteiger partial charge >= 0.3 is 0 Å². The number of amides is 1. The molecule has 0 fully saturated rings. The van der Waals surface area contributed by atoms with Crippen LogP contribution in [0.4, 0.5) is 13.2 Å². The van der Waals surface area contributed by atoms with Gasteiger partial charge < -0.3 is 10.3 Å². The fraction of sp³-hybridized carbons (Fsp3) is 0.0385. The molecule has 0 saturated carbocycles. The van der Waals surface area contributed by atoms with Crippen LogP contribution in [0.5, 0.6) is 0 Å². The second-order valence-corrected chi connectivity index (χ2v) is 7.50. The Labute approximate surface area is 181 Å². The van der Waals surface area contributed by atoms with Gasteiger partial charge in [0.15, 0.2) is 17.5 Å². The van der Waals surface area contributed by atoms with Crippen molar-refractivity contribution in [1.29, 1.82) is 0 Å². The van der Waals surface area contributed by atoms with Crippen molar-refractivity contribution < 1.29 is 18.0 Å². The molecule has 1 radical (unpaired) electrons. The van der Waals surface area contributed by atoms with Crippen molar-refractivity contribution in [2.75, 3.05) is 0 Å². The second kappa shape index (κ2) is 7.57. The predicted octanol–water partition coefficient (Wildman–Crippen LogP) is 5.83. The van der Waals surface area contributed by atoms with Gasteiger partial charge in [-0.3, -0.25) is 4.79 Å². The Hall–Kier alpha value is -4.06. The van der Waals surface area contributed by atoms with E-state index in [-0.39, 0.29) is 12.1 Å². The first-order chi connectivity index (χ1) is 15.5. The van der Waals surface area contributed by atoms with Gasteiger partial charge in [-0.2, -0.15) is 0 Å². The molecule has 157 valence electrons. The lowest BCUT2D eigenvalue weighted by molar-refractivity contribution is 0.100. The molecule has 0 atom stereocenters. The lowest BCUT2D eigenvalue weighted by Crippen LogP contribution is -2.11. The summed E-state index contributed by atoms with van der Waals surface area (Å²) in [5, 5.41) is 1.22. The van der Waals surface area contributed by atoms with E-state index in [0.717, 1.165) is 17.2 Å². The summed E-state index contributed by atoms with van der Waals surface area (Å²) in [6.45, 7) is -0.0721. The monoisotopic (exact) mass is 429 g/mol. The lowest BCUT2D eigenvalue weighted by atomic mass is 10.0. The van der Waals surface area contributed by atoms with Crippen LogP contribution in [0.3, 0.4) is 0 Å². The highest BCUT2D eigenvalue weighted by atomic mass is 19.2. The summed E-state index contributed by atoms with van der Waals surface area (Å²) in [5.74, 6) is -4.61. The van der Waals surface area contributed by atoms with Gasteiger partial charge in [-0.1, -0.05) is 42.5 Å². The Morgan fingerprint density at radius 2 is 1.66 bits per heavy atom. The number of fused-ring (bicyclic) bond motifs is 3. The Morgan fingerprint density at radius 3 is 2.41 bits per heavy atom. The topological polar surface area (TPSA) is 48.0 Å². The molecule has 0 aliphatic carbocycles. The zero-order valence-corrected chi connectivity index (χ0v) is 16.7. The number of rotatable bonds is 4. The number of carbonyl (C=O) groups excluding carboxylic acids is 1. The fourth-order valence-corrected chi connectivity index (χ4v) is 4.09. The first-order valence-corrected chi connectivity index (χ1v) is 9.90. The molecule has 1 amide bonds. The molecule has 1 heterocycles. The van der Waals surface area contributed by atoms with Gasteiger partial charge in [-0.25, -0.2) is 13.2 Å². The molecule has 0 saturated heterocycles. The molecule has 6 heteroatoms. The highest BCUT2D eigenvalue weighted by Gasteiger charge is 2.20. The normalized spacial score (nSPS) is 11.3. The Morgan fingerprint density at radius 1 is 0.875 bits per heavy atom. The van der Waals surface area contributed by atoms with Gasteiger partial charge in [0.1, 0.15) is 0 Å². The van der Waals surface area contributed by atoms with E-state index in [1.807, 2.05) is 42.5 Å². The molecular formula is C26H16F3N2O. The number of primary amides is 1. The van der Waals surface area contributed by atoms with Crippen LogP contribution in [0.25, 0.3) is 32.9 Å². The van der Waals surface area contributed by atoms with Crippen molar-refractivity contribution in [3.8, 4) is 11.1 Å². The molecule has 0 aliphatic rings. The Balaban J connectivity index is 1.82. The van der Waals surface area contributed by atoms with E-state index in [0.29, 0.717) is 27.4 Å². The predicted molar refractivity (Wildman–Crippen MR) is 118 cm³/mol. The molecule has 0 spiro atoms. The van der Waals surface area contributed by atoms with Gasteiger partial charge in [0.25, 0.3) is 0 Å². The third-order valence-electron chi connectivity index (χ3n) is 5.61. The molecule has 0 bridgehead atoms.